The summed E-state index contributed by atoms with van der Waals surface area (Å²) in [6.45, 7) is 8.38. The first-order chi connectivity index (χ1) is 11.6. The van der Waals surface area contributed by atoms with Gasteiger partial charge in [0.25, 0.3) is 5.91 Å². The van der Waals surface area contributed by atoms with E-state index in [4.69, 9.17) is 0 Å². The van der Waals surface area contributed by atoms with Crippen molar-refractivity contribution in [2.45, 2.75) is 6.42 Å². The van der Waals surface area contributed by atoms with Crippen molar-refractivity contribution in [3.63, 3.8) is 0 Å². The Bertz CT molecular complexity index is 880. The van der Waals surface area contributed by atoms with E-state index in [1.165, 1.54) is 0 Å². The highest BCUT2D eigenvalue weighted by Crippen LogP contribution is 2.20. The standard InChI is InChI=1S/C17H16BrN5O/c1-3-5-14(19-2)12-6-4-7-22(10-12)17(24)15-8-16-20-9-13(18)11-23(16)21-15/h3,5-6,8-9,11H,1-2,4,7,10H2/b14-5-. The zero-order valence-electron chi connectivity index (χ0n) is 13.0. The van der Waals surface area contributed by atoms with E-state index in [0.29, 0.717) is 24.4 Å². The van der Waals surface area contributed by atoms with Gasteiger partial charge in [0.1, 0.15) is 0 Å². The summed E-state index contributed by atoms with van der Waals surface area (Å²) in [5.74, 6) is -0.121. The molecule has 0 N–H and O–H groups in total. The monoisotopic (exact) mass is 385 g/mol. The number of halogens is 1. The van der Waals surface area contributed by atoms with Gasteiger partial charge in [-0.1, -0.05) is 18.7 Å². The van der Waals surface area contributed by atoms with Crippen molar-refractivity contribution < 1.29 is 4.79 Å². The number of amides is 1. The molecule has 1 amide bonds. The van der Waals surface area contributed by atoms with Gasteiger partial charge in [0, 0.05) is 31.5 Å². The van der Waals surface area contributed by atoms with Gasteiger partial charge < -0.3 is 4.90 Å². The van der Waals surface area contributed by atoms with Crippen LogP contribution < -0.4 is 0 Å². The van der Waals surface area contributed by atoms with Crippen molar-refractivity contribution in [2.75, 3.05) is 13.1 Å². The van der Waals surface area contributed by atoms with Crippen molar-refractivity contribution in [1.82, 2.24) is 19.5 Å². The molecule has 1 aliphatic heterocycles. The number of carbonyl (C=O) groups excluding carboxylic acids is 1. The molecule has 0 aromatic carbocycles. The Hall–Kier alpha value is -2.54. The fourth-order valence-corrected chi connectivity index (χ4v) is 2.89. The number of carbonyl (C=O) groups is 1. The number of rotatable bonds is 4. The van der Waals surface area contributed by atoms with Crippen LogP contribution >= 0.6 is 15.9 Å². The lowest BCUT2D eigenvalue weighted by molar-refractivity contribution is 0.0760. The van der Waals surface area contributed by atoms with Gasteiger partial charge in [-0.2, -0.15) is 5.10 Å². The Morgan fingerprint density at radius 2 is 2.29 bits per heavy atom. The Morgan fingerprint density at radius 3 is 3.04 bits per heavy atom. The largest absolute Gasteiger partial charge is 0.333 e. The molecule has 6 nitrogen and oxygen atoms in total. The molecule has 0 spiro atoms. The van der Waals surface area contributed by atoms with E-state index in [-0.39, 0.29) is 5.91 Å². The number of hydrogen-bond acceptors (Lipinski definition) is 4. The lowest BCUT2D eigenvalue weighted by Crippen LogP contribution is -2.36. The first-order valence-electron chi connectivity index (χ1n) is 7.41. The summed E-state index contributed by atoms with van der Waals surface area (Å²) in [7, 11) is 0. The second-order valence-electron chi connectivity index (χ2n) is 5.29. The number of aliphatic imine (C=N–C) groups is 1. The number of allylic oxidation sites excluding steroid dienone is 2. The van der Waals surface area contributed by atoms with Gasteiger partial charge in [-0.05, 0) is 40.7 Å². The molecule has 1 aliphatic rings. The number of nitrogens with zero attached hydrogens (tertiary/aromatic N) is 5. The molecule has 0 aliphatic carbocycles. The molecule has 0 bridgehead atoms. The molecule has 0 radical (unpaired) electrons. The minimum atomic E-state index is -0.121. The van der Waals surface area contributed by atoms with Crippen LogP contribution in [0, 0.1) is 0 Å². The van der Waals surface area contributed by atoms with Crippen molar-refractivity contribution in [2.24, 2.45) is 4.99 Å². The van der Waals surface area contributed by atoms with E-state index >= 15 is 0 Å². The summed E-state index contributed by atoms with van der Waals surface area (Å²) in [6.07, 6.45) is 9.75. The van der Waals surface area contributed by atoms with Crippen LogP contribution in [0.1, 0.15) is 16.9 Å². The van der Waals surface area contributed by atoms with Crippen LogP contribution in [-0.4, -0.2) is 45.2 Å². The third kappa shape index (κ3) is 3.21. The van der Waals surface area contributed by atoms with Gasteiger partial charge in [-0.3, -0.25) is 9.79 Å². The smallest absolute Gasteiger partial charge is 0.274 e. The Kier molecular flexibility index (Phi) is 4.71. The fraction of sp³-hybridized carbons (Fsp3) is 0.176. The summed E-state index contributed by atoms with van der Waals surface area (Å²) in [4.78, 5) is 22.8. The van der Waals surface area contributed by atoms with Gasteiger partial charge in [0.05, 0.1) is 10.2 Å². The topological polar surface area (TPSA) is 62.9 Å². The Labute approximate surface area is 148 Å². The molecule has 7 heteroatoms. The van der Waals surface area contributed by atoms with Crippen LogP contribution in [0.3, 0.4) is 0 Å². The summed E-state index contributed by atoms with van der Waals surface area (Å²) in [5.41, 5.74) is 2.72. The van der Waals surface area contributed by atoms with E-state index in [1.807, 2.05) is 0 Å². The maximum Gasteiger partial charge on any atom is 0.274 e. The molecule has 122 valence electrons. The highest BCUT2D eigenvalue weighted by atomic mass is 79.9. The molecular formula is C17H16BrN5O. The van der Waals surface area contributed by atoms with E-state index in [1.54, 1.807) is 40.0 Å². The van der Waals surface area contributed by atoms with Gasteiger partial charge in [0.15, 0.2) is 11.3 Å². The highest BCUT2D eigenvalue weighted by molar-refractivity contribution is 9.10. The molecule has 0 fully saturated rings. The van der Waals surface area contributed by atoms with E-state index in [0.717, 1.165) is 22.2 Å². The molecular weight excluding hydrogens is 370 g/mol. The number of aromatic nitrogens is 3. The van der Waals surface area contributed by atoms with Crippen molar-refractivity contribution >= 4 is 34.2 Å². The second kappa shape index (κ2) is 6.92. The quantitative estimate of drug-likeness (QED) is 0.600. The average molecular weight is 386 g/mol. The minimum Gasteiger partial charge on any atom is -0.333 e. The van der Waals surface area contributed by atoms with E-state index in [9.17, 15) is 4.79 Å². The fourth-order valence-electron chi connectivity index (χ4n) is 2.60. The molecule has 3 rings (SSSR count). The van der Waals surface area contributed by atoms with E-state index < -0.39 is 0 Å². The molecule has 2 aromatic heterocycles. The Morgan fingerprint density at radius 1 is 1.46 bits per heavy atom. The van der Waals surface area contributed by atoms with Gasteiger partial charge >= 0.3 is 0 Å². The molecule has 24 heavy (non-hydrogen) atoms. The maximum atomic E-state index is 12.8. The van der Waals surface area contributed by atoms with Crippen LogP contribution in [0.25, 0.3) is 5.65 Å². The normalized spacial score (nSPS) is 15.3. The van der Waals surface area contributed by atoms with Crippen molar-refractivity contribution in [3.05, 3.63) is 64.7 Å². The number of fused-ring (bicyclic) bond motifs is 1. The van der Waals surface area contributed by atoms with Gasteiger partial charge in [0.2, 0.25) is 0 Å². The summed E-state index contributed by atoms with van der Waals surface area (Å²) in [5, 5.41) is 4.32. The van der Waals surface area contributed by atoms with Crippen molar-refractivity contribution in [1.29, 1.82) is 0 Å². The van der Waals surface area contributed by atoms with Gasteiger partial charge in [-0.25, -0.2) is 9.50 Å². The summed E-state index contributed by atoms with van der Waals surface area (Å²) >= 11 is 3.34. The third-order valence-electron chi connectivity index (χ3n) is 3.71. The Balaban J connectivity index is 1.84. The average Bonchev–Trinajstić information content (AvgIpc) is 3.02. The van der Waals surface area contributed by atoms with E-state index in [2.05, 4.69) is 50.4 Å². The summed E-state index contributed by atoms with van der Waals surface area (Å²) in [6, 6.07) is 1.69. The van der Waals surface area contributed by atoms with Gasteiger partial charge in [-0.15, -0.1) is 0 Å². The van der Waals surface area contributed by atoms with Crippen LogP contribution in [0.5, 0.6) is 0 Å². The third-order valence-corrected chi connectivity index (χ3v) is 4.12. The zero-order valence-corrected chi connectivity index (χ0v) is 14.6. The number of hydrogen-bond donors (Lipinski definition) is 0. The highest BCUT2D eigenvalue weighted by Gasteiger charge is 2.23. The molecule has 0 unspecified atom stereocenters. The lowest BCUT2D eigenvalue weighted by atomic mass is 10.1. The molecule has 0 saturated heterocycles. The van der Waals surface area contributed by atoms with Crippen molar-refractivity contribution in [3.8, 4) is 0 Å². The van der Waals surface area contributed by atoms with Crippen LogP contribution in [-0.2, 0) is 0 Å². The summed E-state index contributed by atoms with van der Waals surface area (Å²) < 4.78 is 2.39. The van der Waals surface area contributed by atoms with Crippen LogP contribution in [0.2, 0.25) is 0 Å². The predicted octanol–water partition coefficient (Wildman–Crippen LogP) is 3.03. The van der Waals surface area contributed by atoms with Crippen LogP contribution in [0.4, 0.5) is 0 Å². The lowest BCUT2D eigenvalue weighted by Gasteiger charge is -2.26. The molecule has 3 heterocycles. The molecule has 0 atom stereocenters. The second-order valence-corrected chi connectivity index (χ2v) is 6.21. The molecule has 0 saturated carbocycles. The first-order valence-corrected chi connectivity index (χ1v) is 8.20. The predicted molar refractivity (Wildman–Crippen MR) is 97.1 cm³/mol. The van der Waals surface area contributed by atoms with Crippen LogP contribution in [0.15, 0.2) is 64.0 Å². The SMILES string of the molecule is C=C/C=C(\N=C)C1=CCCN(C(=O)c2cc3ncc(Br)cn3n2)C1. The molecule has 2 aromatic rings. The first kappa shape index (κ1) is 16.3. The zero-order chi connectivity index (χ0) is 17.1. The maximum absolute atomic E-state index is 12.8. The minimum absolute atomic E-state index is 0.121.